The molecule has 6 aliphatic rings. The van der Waals surface area contributed by atoms with Crippen LogP contribution in [0, 0.1) is 56.2 Å². The molecule has 6 fully saturated rings. The van der Waals surface area contributed by atoms with Crippen LogP contribution in [0.25, 0.3) is 6.08 Å². The molecule has 4 unspecified atom stereocenters. The number of ketones is 1. The van der Waals surface area contributed by atoms with Gasteiger partial charge in [-0.05, 0) is 132 Å². The Balaban J connectivity index is 1.29. The van der Waals surface area contributed by atoms with Gasteiger partial charge in [0.2, 0.25) is 0 Å². The highest BCUT2D eigenvalue weighted by Crippen LogP contribution is 2.78. The topological polar surface area (TPSA) is 26.3 Å². The van der Waals surface area contributed by atoms with E-state index in [4.69, 9.17) is 4.74 Å². The lowest BCUT2D eigenvalue weighted by Crippen LogP contribution is -2.67. The van der Waals surface area contributed by atoms with Gasteiger partial charge in [-0.1, -0.05) is 54.5 Å². The molecule has 5 saturated carbocycles. The molecular weight excluding hydrogens is 484 g/mol. The van der Waals surface area contributed by atoms with E-state index < -0.39 is 0 Å². The Morgan fingerprint density at radius 2 is 1.66 bits per heavy atom. The molecule has 38 heavy (non-hydrogen) atoms. The lowest BCUT2D eigenvalue weighted by Gasteiger charge is -2.73. The summed E-state index contributed by atoms with van der Waals surface area (Å²) in [6.45, 7) is 18.6. The van der Waals surface area contributed by atoms with Gasteiger partial charge in [0.05, 0.1) is 12.7 Å². The maximum atomic E-state index is 13.9. The molecule has 2 heterocycles. The Hall–Kier alpha value is -0.930. The monoisotopic (exact) mass is 534 g/mol. The van der Waals surface area contributed by atoms with E-state index in [1.807, 2.05) is 0 Å². The summed E-state index contributed by atoms with van der Waals surface area (Å²) in [5.74, 6) is 3.09. The fourth-order valence-electron chi connectivity index (χ4n) is 12.5. The van der Waals surface area contributed by atoms with Gasteiger partial charge in [-0.3, -0.25) is 4.79 Å². The van der Waals surface area contributed by atoms with Gasteiger partial charge in [0.25, 0.3) is 0 Å². The van der Waals surface area contributed by atoms with E-state index in [1.165, 1.54) is 56.2 Å². The summed E-state index contributed by atoms with van der Waals surface area (Å²) in [4.78, 5) is 15.2. The van der Waals surface area contributed by atoms with E-state index in [0.29, 0.717) is 45.4 Å². The van der Waals surface area contributed by atoms with Crippen molar-refractivity contribution in [2.75, 3.05) is 6.61 Å². The highest BCUT2D eigenvalue weighted by atomic mass is 32.1. The normalized spacial score (nSPS) is 51.6. The second-order valence-corrected chi connectivity index (χ2v) is 17.7. The number of thiophene rings is 1. The van der Waals surface area contributed by atoms with Crippen LogP contribution in [0.5, 0.6) is 0 Å². The molecule has 1 aliphatic heterocycles. The maximum Gasteiger partial charge on any atom is 0.164 e. The molecule has 2 bridgehead atoms. The SMILES string of the molecule is CC1(C)C(=O)/C(=C/c2cccs2)C[C@@]2(C)C1CC[C@]1(C)C2CCC2C3[C@@H]4OC[C@@]3(CCC4(C)C)CC[C@]21C. The predicted octanol–water partition coefficient (Wildman–Crippen LogP) is 9.20. The van der Waals surface area contributed by atoms with Crippen LogP contribution in [-0.4, -0.2) is 18.5 Å². The zero-order valence-electron chi connectivity index (χ0n) is 25.0. The van der Waals surface area contributed by atoms with Gasteiger partial charge in [0.15, 0.2) is 5.78 Å². The van der Waals surface area contributed by atoms with Gasteiger partial charge in [-0.2, -0.15) is 0 Å². The number of rotatable bonds is 1. The summed E-state index contributed by atoms with van der Waals surface area (Å²) in [5, 5.41) is 2.13. The van der Waals surface area contributed by atoms with E-state index in [-0.39, 0.29) is 10.8 Å². The van der Waals surface area contributed by atoms with Crippen molar-refractivity contribution in [3.05, 3.63) is 28.0 Å². The molecule has 208 valence electrons. The number of ether oxygens (including phenoxy) is 1. The van der Waals surface area contributed by atoms with Crippen molar-refractivity contribution in [3.8, 4) is 0 Å². The van der Waals surface area contributed by atoms with E-state index in [0.717, 1.165) is 30.4 Å². The van der Waals surface area contributed by atoms with E-state index in [2.05, 4.69) is 72.1 Å². The number of Topliss-reactive ketones (excluding diaryl/α,β-unsaturated/α-hetero) is 1. The Morgan fingerprint density at radius 3 is 2.39 bits per heavy atom. The quantitative estimate of drug-likeness (QED) is 0.336. The second kappa shape index (κ2) is 7.87. The van der Waals surface area contributed by atoms with Gasteiger partial charge < -0.3 is 4.74 Å². The van der Waals surface area contributed by atoms with Crippen LogP contribution >= 0.6 is 11.3 Å². The number of hydrogen-bond donors (Lipinski definition) is 0. The minimum Gasteiger partial charge on any atom is -0.377 e. The Kier molecular flexibility index (Phi) is 5.39. The molecular formula is C35H50O2S. The molecule has 2 nitrogen and oxygen atoms in total. The molecule has 7 rings (SSSR count). The molecule has 5 aliphatic carbocycles. The van der Waals surface area contributed by atoms with Crippen LogP contribution in [0.4, 0.5) is 0 Å². The molecule has 0 N–H and O–H groups in total. The van der Waals surface area contributed by atoms with Gasteiger partial charge in [-0.15, -0.1) is 11.3 Å². The van der Waals surface area contributed by atoms with Crippen molar-refractivity contribution < 1.29 is 9.53 Å². The summed E-state index contributed by atoms with van der Waals surface area (Å²) in [6, 6.07) is 4.28. The van der Waals surface area contributed by atoms with Crippen molar-refractivity contribution in [2.24, 2.45) is 56.2 Å². The minimum absolute atomic E-state index is 0.179. The Bertz CT molecular complexity index is 1180. The molecule has 0 radical (unpaired) electrons. The second-order valence-electron chi connectivity index (χ2n) is 16.7. The lowest BCUT2D eigenvalue weighted by molar-refractivity contribution is -0.236. The Labute approximate surface area is 235 Å². The summed E-state index contributed by atoms with van der Waals surface area (Å²) < 4.78 is 6.76. The highest BCUT2D eigenvalue weighted by molar-refractivity contribution is 7.10. The molecule has 1 aromatic heterocycles. The summed E-state index contributed by atoms with van der Waals surface area (Å²) in [6.07, 6.45) is 14.3. The van der Waals surface area contributed by atoms with Crippen LogP contribution in [-0.2, 0) is 9.53 Å². The van der Waals surface area contributed by atoms with Gasteiger partial charge in [0, 0.05) is 10.3 Å². The first-order valence-corrected chi connectivity index (χ1v) is 16.6. The molecule has 3 heteroatoms. The summed E-state index contributed by atoms with van der Waals surface area (Å²) in [7, 11) is 0. The fraction of sp³-hybridized carbons (Fsp3) is 0.800. The molecule has 1 saturated heterocycles. The van der Waals surface area contributed by atoms with E-state index >= 15 is 0 Å². The third-order valence-electron chi connectivity index (χ3n) is 14.6. The fourth-order valence-corrected chi connectivity index (χ4v) is 13.2. The van der Waals surface area contributed by atoms with Crippen molar-refractivity contribution in [1.82, 2.24) is 0 Å². The van der Waals surface area contributed by atoms with Crippen LogP contribution in [0.3, 0.4) is 0 Å². The van der Waals surface area contributed by atoms with Gasteiger partial charge in [-0.25, -0.2) is 0 Å². The molecule has 0 spiro atoms. The lowest BCUT2D eigenvalue weighted by atomic mass is 9.31. The first kappa shape index (κ1) is 26.0. The first-order chi connectivity index (χ1) is 17.8. The first-order valence-electron chi connectivity index (χ1n) is 15.7. The number of fused-ring (bicyclic) bond motifs is 5. The minimum atomic E-state index is -0.286. The third-order valence-corrected chi connectivity index (χ3v) is 15.4. The number of carbonyl (C=O) groups excluding carboxylic acids is 1. The van der Waals surface area contributed by atoms with Crippen molar-refractivity contribution in [3.63, 3.8) is 0 Å². The smallest absolute Gasteiger partial charge is 0.164 e. The van der Waals surface area contributed by atoms with E-state index in [1.54, 1.807) is 11.3 Å². The van der Waals surface area contributed by atoms with E-state index in [9.17, 15) is 4.79 Å². The van der Waals surface area contributed by atoms with Crippen molar-refractivity contribution >= 4 is 23.2 Å². The van der Waals surface area contributed by atoms with Gasteiger partial charge >= 0.3 is 0 Å². The highest BCUT2D eigenvalue weighted by Gasteiger charge is 2.73. The van der Waals surface area contributed by atoms with Gasteiger partial charge in [0.1, 0.15) is 0 Å². The third kappa shape index (κ3) is 3.07. The largest absolute Gasteiger partial charge is 0.377 e. The molecule has 1 aromatic rings. The van der Waals surface area contributed by atoms with Crippen molar-refractivity contribution in [2.45, 2.75) is 112 Å². The predicted molar refractivity (Wildman–Crippen MR) is 157 cm³/mol. The van der Waals surface area contributed by atoms with Crippen molar-refractivity contribution in [1.29, 1.82) is 0 Å². The number of carbonyl (C=O) groups is 1. The average Bonchev–Trinajstić information content (AvgIpc) is 3.47. The van der Waals surface area contributed by atoms with Crippen LogP contribution < -0.4 is 0 Å². The molecule has 0 amide bonds. The standard InChI is InChI=1S/C35H50O2S/c1-30(2)14-16-35-17-15-33(6)24(27(35)29(30)37-21-35)10-11-26-32(5)20-22(19-23-9-8-18-38-23)28(36)31(3,4)25(32)12-13-34(26,33)7/h8-9,18-19,24-27,29H,10-17,20-21H2,1-7H3/b22-19+/t24?,25?,26?,27?,29-,32-,33+,34+,35+/m0/s1. The zero-order chi connectivity index (χ0) is 26.9. The maximum absolute atomic E-state index is 13.9. The molecule has 0 aromatic carbocycles. The number of hydrogen-bond acceptors (Lipinski definition) is 3. The summed E-state index contributed by atoms with van der Waals surface area (Å²) >= 11 is 1.76. The van der Waals surface area contributed by atoms with Crippen LogP contribution in [0.1, 0.15) is 111 Å². The summed E-state index contributed by atoms with van der Waals surface area (Å²) in [5.41, 5.74) is 2.43. The number of allylic oxidation sites excluding steroid dienone is 1. The average molecular weight is 535 g/mol. The zero-order valence-corrected chi connectivity index (χ0v) is 25.8. The molecule has 9 atom stereocenters. The van der Waals surface area contributed by atoms with Crippen LogP contribution in [0.15, 0.2) is 23.1 Å². The Morgan fingerprint density at radius 1 is 0.895 bits per heavy atom. The van der Waals surface area contributed by atoms with Crippen LogP contribution in [0.2, 0.25) is 0 Å².